The van der Waals surface area contributed by atoms with E-state index in [0.29, 0.717) is 23.0 Å². The van der Waals surface area contributed by atoms with Crippen LogP contribution in [0.25, 0.3) is 11.4 Å². The summed E-state index contributed by atoms with van der Waals surface area (Å²) >= 11 is 1.58. The van der Waals surface area contributed by atoms with Crippen molar-refractivity contribution in [2.24, 2.45) is 0 Å². The number of thioether (sulfide) groups is 1. The number of aromatic nitrogens is 2. The van der Waals surface area contributed by atoms with E-state index < -0.39 is 5.97 Å². The molecule has 1 aromatic carbocycles. The molecule has 5 nitrogen and oxygen atoms in total. The second kappa shape index (κ2) is 5.01. The lowest BCUT2D eigenvalue weighted by atomic mass is 10.1. The standard InChI is InChI=1S/C11H10N2O3S/c1-17-6-9-12-10(13-16-9)7-3-2-4-8(5-7)11(14)15/h2-5H,6H2,1H3,(H,14,15). The van der Waals surface area contributed by atoms with E-state index in [2.05, 4.69) is 10.1 Å². The summed E-state index contributed by atoms with van der Waals surface area (Å²) < 4.78 is 5.03. The zero-order valence-electron chi connectivity index (χ0n) is 9.08. The maximum atomic E-state index is 10.8. The molecule has 1 heterocycles. The van der Waals surface area contributed by atoms with Crippen LogP contribution in [0.15, 0.2) is 28.8 Å². The van der Waals surface area contributed by atoms with E-state index in [4.69, 9.17) is 9.63 Å². The highest BCUT2D eigenvalue weighted by molar-refractivity contribution is 7.97. The molecule has 2 aromatic rings. The van der Waals surface area contributed by atoms with Crippen molar-refractivity contribution < 1.29 is 14.4 Å². The fraction of sp³-hybridized carbons (Fsp3) is 0.182. The molecule has 0 aliphatic carbocycles. The van der Waals surface area contributed by atoms with Crippen LogP contribution in [0.2, 0.25) is 0 Å². The van der Waals surface area contributed by atoms with Gasteiger partial charge in [-0.05, 0) is 18.4 Å². The maximum absolute atomic E-state index is 10.8. The van der Waals surface area contributed by atoms with Gasteiger partial charge in [0.05, 0.1) is 11.3 Å². The van der Waals surface area contributed by atoms with E-state index in [9.17, 15) is 4.79 Å². The van der Waals surface area contributed by atoms with Gasteiger partial charge in [-0.15, -0.1) is 0 Å². The van der Waals surface area contributed by atoms with Gasteiger partial charge in [-0.25, -0.2) is 4.79 Å². The summed E-state index contributed by atoms with van der Waals surface area (Å²) in [5, 5.41) is 12.7. The molecule has 0 radical (unpaired) electrons. The molecule has 0 amide bonds. The number of carboxylic acids is 1. The number of rotatable bonds is 4. The van der Waals surface area contributed by atoms with Crippen molar-refractivity contribution in [2.75, 3.05) is 6.26 Å². The molecule has 1 aromatic heterocycles. The zero-order chi connectivity index (χ0) is 12.3. The summed E-state index contributed by atoms with van der Waals surface area (Å²) in [6.07, 6.45) is 1.94. The zero-order valence-corrected chi connectivity index (χ0v) is 9.90. The average molecular weight is 250 g/mol. The van der Waals surface area contributed by atoms with Gasteiger partial charge >= 0.3 is 5.97 Å². The van der Waals surface area contributed by atoms with E-state index >= 15 is 0 Å². The van der Waals surface area contributed by atoms with Gasteiger partial charge in [0.1, 0.15) is 0 Å². The van der Waals surface area contributed by atoms with E-state index in [0.717, 1.165) is 0 Å². The SMILES string of the molecule is CSCc1nc(-c2cccc(C(=O)O)c2)no1. The molecular formula is C11H10N2O3S. The third-order valence-electron chi connectivity index (χ3n) is 2.10. The molecule has 0 aliphatic heterocycles. The molecule has 2 rings (SSSR count). The number of carboxylic acid groups (broad SMARTS) is 1. The first kappa shape index (κ1) is 11.7. The van der Waals surface area contributed by atoms with Crippen LogP contribution in [0.5, 0.6) is 0 Å². The van der Waals surface area contributed by atoms with Crippen LogP contribution in [-0.2, 0) is 5.75 Å². The smallest absolute Gasteiger partial charge is 0.335 e. The first-order valence-electron chi connectivity index (χ1n) is 4.86. The van der Waals surface area contributed by atoms with Gasteiger partial charge < -0.3 is 9.63 Å². The van der Waals surface area contributed by atoms with E-state index in [1.807, 2.05) is 6.26 Å². The highest BCUT2D eigenvalue weighted by Gasteiger charge is 2.10. The maximum Gasteiger partial charge on any atom is 0.335 e. The fourth-order valence-electron chi connectivity index (χ4n) is 1.35. The molecule has 0 saturated heterocycles. The Morgan fingerprint density at radius 1 is 1.53 bits per heavy atom. The Kier molecular flexibility index (Phi) is 3.43. The number of benzene rings is 1. The monoisotopic (exact) mass is 250 g/mol. The van der Waals surface area contributed by atoms with Gasteiger partial charge in [0.2, 0.25) is 11.7 Å². The van der Waals surface area contributed by atoms with Crippen molar-refractivity contribution in [3.05, 3.63) is 35.7 Å². The Morgan fingerprint density at radius 2 is 2.35 bits per heavy atom. The number of carbonyl (C=O) groups is 1. The summed E-state index contributed by atoms with van der Waals surface area (Å²) in [4.78, 5) is 15.0. The minimum Gasteiger partial charge on any atom is -0.478 e. The molecule has 0 spiro atoms. The van der Waals surface area contributed by atoms with E-state index in [1.165, 1.54) is 12.1 Å². The molecule has 0 aliphatic rings. The molecule has 6 heteroatoms. The minimum atomic E-state index is -0.973. The van der Waals surface area contributed by atoms with Crippen molar-refractivity contribution in [1.82, 2.24) is 10.1 Å². The van der Waals surface area contributed by atoms with Gasteiger partial charge in [0, 0.05) is 5.56 Å². The number of aromatic carboxylic acids is 1. The summed E-state index contributed by atoms with van der Waals surface area (Å²) in [6, 6.07) is 6.45. The third kappa shape index (κ3) is 2.65. The van der Waals surface area contributed by atoms with Crippen LogP contribution in [-0.4, -0.2) is 27.5 Å². The van der Waals surface area contributed by atoms with Crippen molar-refractivity contribution in [3.8, 4) is 11.4 Å². The lowest BCUT2D eigenvalue weighted by Crippen LogP contribution is -1.96. The van der Waals surface area contributed by atoms with Gasteiger partial charge in [0.25, 0.3) is 0 Å². The van der Waals surface area contributed by atoms with Crippen LogP contribution >= 0.6 is 11.8 Å². The Labute approximate surface area is 102 Å². The lowest BCUT2D eigenvalue weighted by molar-refractivity contribution is 0.0697. The fourth-order valence-corrected chi connectivity index (χ4v) is 1.71. The van der Waals surface area contributed by atoms with Gasteiger partial charge in [0.15, 0.2) is 0 Å². The Bertz CT molecular complexity index is 539. The predicted octanol–water partition coefficient (Wildman–Crippen LogP) is 2.30. The van der Waals surface area contributed by atoms with Crippen LogP contribution in [0.1, 0.15) is 16.2 Å². The van der Waals surface area contributed by atoms with Crippen LogP contribution in [0.3, 0.4) is 0 Å². The molecule has 0 atom stereocenters. The van der Waals surface area contributed by atoms with Crippen molar-refractivity contribution in [1.29, 1.82) is 0 Å². The molecule has 0 fully saturated rings. The normalized spacial score (nSPS) is 10.4. The van der Waals surface area contributed by atoms with Gasteiger partial charge in [-0.1, -0.05) is 17.3 Å². The van der Waals surface area contributed by atoms with Crippen molar-refractivity contribution >= 4 is 17.7 Å². The molecule has 0 bridgehead atoms. The van der Waals surface area contributed by atoms with E-state index in [1.54, 1.807) is 23.9 Å². The molecule has 88 valence electrons. The first-order valence-corrected chi connectivity index (χ1v) is 6.25. The minimum absolute atomic E-state index is 0.207. The highest BCUT2D eigenvalue weighted by atomic mass is 32.2. The number of hydrogen-bond acceptors (Lipinski definition) is 5. The average Bonchev–Trinajstić information content (AvgIpc) is 2.78. The Morgan fingerprint density at radius 3 is 3.06 bits per heavy atom. The molecule has 17 heavy (non-hydrogen) atoms. The highest BCUT2D eigenvalue weighted by Crippen LogP contribution is 2.18. The Hall–Kier alpha value is -1.82. The van der Waals surface area contributed by atoms with Gasteiger partial charge in [-0.2, -0.15) is 16.7 Å². The van der Waals surface area contributed by atoms with Crippen LogP contribution in [0.4, 0.5) is 0 Å². The first-order chi connectivity index (χ1) is 8.20. The molecule has 0 unspecified atom stereocenters. The second-order valence-electron chi connectivity index (χ2n) is 3.33. The number of hydrogen-bond donors (Lipinski definition) is 1. The van der Waals surface area contributed by atoms with E-state index in [-0.39, 0.29) is 5.56 Å². The Balaban J connectivity index is 2.32. The summed E-state index contributed by atoms with van der Waals surface area (Å²) in [7, 11) is 0. The second-order valence-corrected chi connectivity index (χ2v) is 4.20. The van der Waals surface area contributed by atoms with Crippen molar-refractivity contribution in [3.63, 3.8) is 0 Å². The topological polar surface area (TPSA) is 76.2 Å². The third-order valence-corrected chi connectivity index (χ3v) is 2.64. The number of nitrogens with zero attached hydrogens (tertiary/aromatic N) is 2. The molecule has 1 N–H and O–H groups in total. The summed E-state index contributed by atoms with van der Waals surface area (Å²) in [5.74, 6) is 0.621. The van der Waals surface area contributed by atoms with Gasteiger partial charge in [-0.3, -0.25) is 0 Å². The largest absolute Gasteiger partial charge is 0.478 e. The quantitative estimate of drug-likeness (QED) is 0.897. The van der Waals surface area contributed by atoms with Crippen LogP contribution < -0.4 is 0 Å². The predicted molar refractivity (Wildman–Crippen MR) is 63.9 cm³/mol. The molecule has 0 saturated carbocycles. The molecular weight excluding hydrogens is 240 g/mol. The lowest BCUT2D eigenvalue weighted by Gasteiger charge is -1.96. The summed E-state index contributed by atoms with van der Waals surface area (Å²) in [6.45, 7) is 0. The van der Waals surface area contributed by atoms with Crippen molar-refractivity contribution in [2.45, 2.75) is 5.75 Å². The summed E-state index contributed by atoms with van der Waals surface area (Å²) in [5.41, 5.74) is 0.847. The van der Waals surface area contributed by atoms with Crippen LogP contribution in [0, 0.1) is 0 Å².